The lowest BCUT2D eigenvalue weighted by atomic mass is 10.2. The molecule has 0 atom stereocenters. The third kappa shape index (κ3) is 2.70. The highest BCUT2D eigenvalue weighted by atomic mass is 16.1. The summed E-state index contributed by atoms with van der Waals surface area (Å²) in [6.07, 6.45) is 0. The molecule has 1 aromatic heterocycles. The van der Waals surface area contributed by atoms with Gasteiger partial charge in [-0.3, -0.25) is 4.79 Å². The van der Waals surface area contributed by atoms with E-state index < -0.39 is 0 Å². The second kappa shape index (κ2) is 5.21. The van der Waals surface area contributed by atoms with Crippen LogP contribution in [0.2, 0.25) is 0 Å². The summed E-state index contributed by atoms with van der Waals surface area (Å²) < 4.78 is 1.95. The summed E-state index contributed by atoms with van der Waals surface area (Å²) in [6, 6.07) is 7.87. The van der Waals surface area contributed by atoms with Crippen LogP contribution in [0.25, 0.3) is 11.0 Å². The number of hydrogen-bond acceptors (Lipinski definition) is 2. The minimum atomic E-state index is 0.0370. The third-order valence-electron chi connectivity index (χ3n) is 2.85. The number of aromatic nitrogens is 2. The quantitative estimate of drug-likeness (QED) is 0.896. The van der Waals surface area contributed by atoms with Crippen molar-refractivity contribution in [3.8, 4) is 0 Å². The van der Waals surface area contributed by atoms with Crippen molar-refractivity contribution in [1.82, 2.24) is 14.9 Å². The lowest BCUT2D eigenvalue weighted by molar-refractivity contribution is -0.121. The van der Waals surface area contributed by atoms with Crippen molar-refractivity contribution in [3.63, 3.8) is 0 Å². The molecular weight excluding hydrogens is 226 g/mol. The number of fused-ring (bicyclic) bond motifs is 1. The average molecular weight is 245 g/mol. The van der Waals surface area contributed by atoms with E-state index in [-0.39, 0.29) is 5.91 Å². The highest BCUT2D eigenvalue weighted by Gasteiger charge is 2.10. The predicted octanol–water partition coefficient (Wildman–Crippen LogP) is 2.12. The molecule has 0 aliphatic heterocycles. The highest BCUT2D eigenvalue weighted by molar-refractivity contribution is 5.81. The van der Waals surface area contributed by atoms with Gasteiger partial charge in [-0.1, -0.05) is 26.0 Å². The van der Waals surface area contributed by atoms with Gasteiger partial charge in [0, 0.05) is 6.54 Å². The van der Waals surface area contributed by atoms with E-state index in [9.17, 15) is 4.79 Å². The molecule has 0 aliphatic carbocycles. The molecule has 2 aromatic rings. The maximum atomic E-state index is 11.9. The number of hydrogen-bond donors (Lipinski definition) is 1. The molecule has 0 aliphatic rings. The van der Waals surface area contributed by atoms with Crippen LogP contribution in [0, 0.1) is 12.8 Å². The van der Waals surface area contributed by atoms with Gasteiger partial charge in [0.2, 0.25) is 5.91 Å². The van der Waals surface area contributed by atoms with E-state index in [1.54, 1.807) is 0 Å². The standard InChI is InChI=1S/C14H19N3O/c1-10(2)8-15-14(18)9-17-11(3)16-12-6-4-5-7-13(12)17/h4-7,10H,8-9H2,1-3H3,(H,15,18). The fourth-order valence-electron chi connectivity index (χ4n) is 1.91. The maximum Gasteiger partial charge on any atom is 0.240 e. The lowest BCUT2D eigenvalue weighted by Crippen LogP contribution is -2.30. The van der Waals surface area contributed by atoms with Gasteiger partial charge in [0.25, 0.3) is 0 Å². The van der Waals surface area contributed by atoms with Gasteiger partial charge < -0.3 is 9.88 Å². The van der Waals surface area contributed by atoms with Crippen LogP contribution in [0.5, 0.6) is 0 Å². The van der Waals surface area contributed by atoms with E-state index in [0.29, 0.717) is 19.0 Å². The van der Waals surface area contributed by atoms with Crippen molar-refractivity contribution >= 4 is 16.9 Å². The minimum Gasteiger partial charge on any atom is -0.354 e. The van der Waals surface area contributed by atoms with E-state index in [2.05, 4.69) is 24.1 Å². The van der Waals surface area contributed by atoms with Gasteiger partial charge >= 0.3 is 0 Å². The molecular formula is C14H19N3O. The monoisotopic (exact) mass is 245 g/mol. The van der Waals surface area contributed by atoms with E-state index in [0.717, 1.165) is 16.9 Å². The Labute approximate surface area is 107 Å². The maximum absolute atomic E-state index is 11.9. The van der Waals surface area contributed by atoms with Crippen molar-refractivity contribution in [2.24, 2.45) is 5.92 Å². The van der Waals surface area contributed by atoms with Crippen LogP contribution < -0.4 is 5.32 Å². The molecule has 0 bridgehead atoms. The van der Waals surface area contributed by atoms with E-state index >= 15 is 0 Å². The Morgan fingerprint density at radius 2 is 2.11 bits per heavy atom. The average Bonchev–Trinajstić information content (AvgIpc) is 2.64. The van der Waals surface area contributed by atoms with Crippen LogP contribution >= 0.6 is 0 Å². The van der Waals surface area contributed by atoms with Crippen LogP contribution in [0.3, 0.4) is 0 Å². The molecule has 2 rings (SSSR count). The molecule has 1 amide bonds. The SMILES string of the molecule is Cc1nc2ccccc2n1CC(=O)NCC(C)C. The molecule has 0 saturated carbocycles. The Bertz CT molecular complexity index is 557. The smallest absolute Gasteiger partial charge is 0.240 e. The van der Waals surface area contributed by atoms with Crippen LogP contribution in [-0.4, -0.2) is 22.0 Å². The Balaban J connectivity index is 2.16. The molecule has 1 N–H and O–H groups in total. The first-order valence-corrected chi connectivity index (χ1v) is 6.26. The third-order valence-corrected chi connectivity index (χ3v) is 2.85. The fourth-order valence-corrected chi connectivity index (χ4v) is 1.91. The number of aryl methyl sites for hydroxylation is 1. The summed E-state index contributed by atoms with van der Waals surface area (Å²) in [6.45, 7) is 7.13. The van der Waals surface area contributed by atoms with E-state index in [1.165, 1.54) is 0 Å². The zero-order valence-corrected chi connectivity index (χ0v) is 11.1. The van der Waals surface area contributed by atoms with Gasteiger partial charge in [0.15, 0.2) is 0 Å². The number of para-hydroxylation sites is 2. The number of nitrogens with zero attached hydrogens (tertiary/aromatic N) is 2. The molecule has 4 heteroatoms. The summed E-state index contributed by atoms with van der Waals surface area (Å²) in [5.74, 6) is 1.38. The van der Waals surface area contributed by atoms with Crippen LogP contribution in [-0.2, 0) is 11.3 Å². The number of nitrogens with one attached hydrogen (secondary N) is 1. The summed E-state index contributed by atoms with van der Waals surface area (Å²) >= 11 is 0. The minimum absolute atomic E-state index is 0.0370. The van der Waals surface area contributed by atoms with E-state index in [1.807, 2.05) is 35.8 Å². The Kier molecular flexibility index (Phi) is 3.65. The van der Waals surface area contributed by atoms with Gasteiger partial charge in [0.05, 0.1) is 11.0 Å². The van der Waals surface area contributed by atoms with Gasteiger partial charge in [-0.05, 0) is 25.0 Å². The van der Waals surface area contributed by atoms with Crippen molar-refractivity contribution < 1.29 is 4.79 Å². The predicted molar refractivity (Wildman–Crippen MR) is 72.3 cm³/mol. The van der Waals surface area contributed by atoms with E-state index in [4.69, 9.17) is 0 Å². The molecule has 1 aromatic carbocycles. The Hall–Kier alpha value is -1.84. The molecule has 1 heterocycles. The number of carbonyl (C=O) groups excluding carboxylic acids is 1. The second-order valence-electron chi connectivity index (χ2n) is 4.93. The van der Waals surface area contributed by atoms with Gasteiger partial charge in [-0.15, -0.1) is 0 Å². The number of imidazole rings is 1. The van der Waals surface area contributed by atoms with Crippen LogP contribution in [0.1, 0.15) is 19.7 Å². The Morgan fingerprint density at radius 1 is 1.39 bits per heavy atom. The first-order valence-electron chi connectivity index (χ1n) is 6.26. The summed E-state index contributed by atoms with van der Waals surface area (Å²) in [5, 5.41) is 2.92. The molecule has 18 heavy (non-hydrogen) atoms. The fraction of sp³-hybridized carbons (Fsp3) is 0.429. The molecule has 0 fully saturated rings. The summed E-state index contributed by atoms with van der Waals surface area (Å²) in [7, 11) is 0. The zero-order valence-electron chi connectivity index (χ0n) is 11.1. The van der Waals surface area contributed by atoms with Crippen molar-refractivity contribution in [2.75, 3.05) is 6.54 Å². The molecule has 0 radical (unpaired) electrons. The number of rotatable bonds is 4. The van der Waals surface area contributed by atoms with Gasteiger partial charge in [-0.25, -0.2) is 4.98 Å². The first kappa shape index (κ1) is 12.6. The molecule has 0 unspecified atom stereocenters. The molecule has 0 saturated heterocycles. The normalized spacial score (nSPS) is 11.1. The summed E-state index contributed by atoms with van der Waals surface area (Å²) in [5.41, 5.74) is 1.95. The molecule has 96 valence electrons. The number of amides is 1. The lowest BCUT2D eigenvalue weighted by Gasteiger charge is -2.09. The largest absolute Gasteiger partial charge is 0.354 e. The van der Waals surface area contributed by atoms with Crippen LogP contribution in [0.4, 0.5) is 0 Å². The zero-order chi connectivity index (χ0) is 13.1. The highest BCUT2D eigenvalue weighted by Crippen LogP contribution is 2.14. The van der Waals surface area contributed by atoms with Gasteiger partial charge in [0.1, 0.15) is 12.4 Å². The Morgan fingerprint density at radius 3 is 2.83 bits per heavy atom. The second-order valence-corrected chi connectivity index (χ2v) is 4.93. The summed E-state index contributed by atoms with van der Waals surface area (Å²) in [4.78, 5) is 16.3. The van der Waals surface area contributed by atoms with Gasteiger partial charge in [-0.2, -0.15) is 0 Å². The van der Waals surface area contributed by atoms with Crippen LogP contribution in [0.15, 0.2) is 24.3 Å². The van der Waals surface area contributed by atoms with Crippen molar-refractivity contribution in [1.29, 1.82) is 0 Å². The van der Waals surface area contributed by atoms with Crippen molar-refractivity contribution in [3.05, 3.63) is 30.1 Å². The first-order chi connectivity index (χ1) is 8.58. The topological polar surface area (TPSA) is 46.9 Å². The number of carbonyl (C=O) groups is 1. The number of benzene rings is 1. The molecule has 0 spiro atoms. The van der Waals surface area contributed by atoms with Crippen molar-refractivity contribution in [2.45, 2.75) is 27.3 Å². The molecule has 4 nitrogen and oxygen atoms in total.